The monoisotopic (exact) mass is 472 g/mol. The molecule has 3 heterocycles. The highest BCUT2D eigenvalue weighted by atomic mass is 31.2. The molecule has 12 nitrogen and oxygen atoms in total. The van der Waals surface area contributed by atoms with Gasteiger partial charge in [-0.3, -0.25) is 32.7 Å². The van der Waals surface area contributed by atoms with Gasteiger partial charge in [-0.05, 0) is 20.3 Å². The molecule has 3 rings (SSSR count). The first kappa shape index (κ1) is 24.4. The first-order valence-electron chi connectivity index (χ1n) is 9.94. The number of terminal acetylenes is 1. The Morgan fingerprint density at radius 2 is 2.19 bits per heavy atom. The summed E-state index contributed by atoms with van der Waals surface area (Å²) in [5.41, 5.74) is -3.73. The molecule has 176 valence electrons. The van der Waals surface area contributed by atoms with Gasteiger partial charge in [-0.1, -0.05) is 12.8 Å². The maximum atomic E-state index is 12.9. The third kappa shape index (κ3) is 4.88. The highest BCUT2D eigenvalue weighted by molar-refractivity contribution is 7.48. The Morgan fingerprint density at radius 1 is 1.47 bits per heavy atom. The van der Waals surface area contributed by atoms with Crippen LogP contribution in [0.3, 0.4) is 0 Å². The van der Waals surface area contributed by atoms with Gasteiger partial charge < -0.3 is 14.6 Å². The summed E-state index contributed by atoms with van der Waals surface area (Å²) in [4.78, 5) is 37.4. The number of ether oxygens (including phenoxy) is 2. The molecule has 0 radical (unpaired) electrons. The highest BCUT2D eigenvalue weighted by Crippen LogP contribution is 2.58. The van der Waals surface area contributed by atoms with Crippen LogP contribution in [0.1, 0.15) is 33.4 Å². The van der Waals surface area contributed by atoms with Gasteiger partial charge in [-0.25, -0.2) is 9.36 Å². The van der Waals surface area contributed by atoms with E-state index in [-0.39, 0.29) is 25.7 Å². The number of phosphoric ester groups is 1. The van der Waals surface area contributed by atoms with Gasteiger partial charge >= 0.3 is 19.5 Å². The number of rotatable bonds is 7. The lowest BCUT2D eigenvalue weighted by molar-refractivity contribution is -0.152. The molecule has 0 spiro atoms. The number of hydrogen-bond acceptors (Lipinski definition) is 10. The van der Waals surface area contributed by atoms with Gasteiger partial charge in [0.25, 0.3) is 5.56 Å². The lowest BCUT2D eigenvalue weighted by atomic mass is 9.95. The molecule has 2 aliphatic rings. The SMILES string of the molecule is C#C[C@@]1(O)[C@@H]2O[P@@](=O)(OCCC(C)C(=O)OC(C)C)OC[C@H]2O[C@H]1n1ccc(=O)[nH]c1=O. The minimum atomic E-state index is -4.16. The van der Waals surface area contributed by atoms with Gasteiger partial charge in [0.15, 0.2) is 11.8 Å². The number of esters is 1. The number of carbonyl (C=O) groups is 1. The predicted octanol–water partition coefficient (Wildman–Crippen LogP) is 0.316. The number of carbonyl (C=O) groups excluding carboxylic acids is 1. The number of aromatic nitrogens is 2. The summed E-state index contributed by atoms with van der Waals surface area (Å²) < 4.78 is 40.5. The normalized spacial score (nSPS) is 32.8. The minimum Gasteiger partial charge on any atom is -0.463 e. The molecule has 32 heavy (non-hydrogen) atoms. The van der Waals surface area contributed by atoms with Crippen molar-refractivity contribution in [2.24, 2.45) is 5.92 Å². The molecule has 2 fully saturated rings. The van der Waals surface area contributed by atoms with Crippen molar-refractivity contribution in [3.05, 3.63) is 33.1 Å². The van der Waals surface area contributed by atoms with E-state index >= 15 is 0 Å². The third-order valence-corrected chi connectivity index (χ3v) is 6.43. The van der Waals surface area contributed by atoms with Gasteiger partial charge in [0, 0.05) is 12.3 Å². The molecule has 2 saturated heterocycles. The molecule has 0 amide bonds. The van der Waals surface area contributed by atoms with Crippen molar-refractivity contribution in [2.75, 3.05) is 13.2 Å². The van der Waals surface area contributed by atoms with Crippen molar-refractivity contribution in [3.8, 4) is 12.3 Å². The van der Waals surface area contributed by atoms with Crippen LogP contribution in [0.4, 0.5) is 0 Å². The summed E-state index contributed by atoms with van der Waals surface area (Å²) in [5, 5.41) is 11.1. The number of hydrogen-bond donors (Lipinski definition) is 2. The fraction of sp³-hybridized carbons (Fsp3) is 0.632. The zero-order valence-corrected chi connectivity index (χ0v) is 18.7. The molecule has 2 N–H and O–H groups in total. The van der Waals surface area contributed by atoms with Crippen LogP contribution in [0, 0.1) is 18.3 Å². The largest absolute Gasteiger partial charge is 0.475 e. The van der Waals surface area contributed by atoms with Crippen molar-refractivity contribution in [1.29, 1.82) is 0 Å². The van der Waals surface area contributed by atoms with E-state index in [1.807, 2.05) is 4.98 Å². The predicted molar refractivity (Wildman–Crippen MR) is 108 cm³/mol. The van der Waals surface area contributed by atoms with Crippen LogP contribution in [0.2, 0.25) is 0 Å². The number of nitrogens with one attached hydrogen (secondary N) is 1. The highest BCUT2D eigenvalue weighted by Gasteiger charge is 2.62. The Bertz CT molecular complexity index is 1060. The lowest BCUT2D eigenvalue weighted by Gasteiger charge is -2.34. The van der Waals surface area contributed by atoms with Crippen molar-refractivity contribution >= 4 is 13.8 Å². The summed E-state index contributed by atoms with van der Waals surface area (Å²) in [5.74, 6) is 1.19. The van der Waals surface area contributed by atoms with Gasteiger partial charge in [0.1, 0.15) is 12.2 Å². The molecule has 1 aromatic heterocycles. The quantitative estimate of drug-likeness (QED) is 0.322. The Kier molecular flexibility index (Phi) is 7.09. The lowest BCUT2D eigenvalue weighted by Crippen LogP contribution is -2.50. The average Bonchev–Trinajstić information content (AvgIpc) is 2.99. The van der Waals surface area contributed by atoms with Crippen LogP contribution in [-0.2, 0) is 32.4 Å². The summed E-state index contributed by atoms with van der Waals surface area (Å²) >= 11 is 0. The van der Waals surface area contributed by atoms with Crippen LogP contribution in [0.5, 0.6) is 0 Å². The van der Waals surface area contributed by atoms with Crippen molar-refractivity contribution in [1.82, 2.24) is 9.55 Å². The molecule has 6 atom stereocenters. The molecule has 0 aliphatic carbocycles. The van der Waals surface area contributed by atoms with E-state index < -0.39 is 55.0 Å². The third-order valence-electron chi connectivity index (χ3n) is 4.98. The number of phosphoric acid groups is 1. The zero-order chi connectivity index (χ0) is 23.7. The van der Waals surface area contributed by atoms with Crippen LogP contribution in [0.25, 0.3) is 0 Å². The maximum absolute atomic E-state index is 12.9. The van der Waals surface area contributed by atoms with Crippen LogP contribution < -0.4 is 11.2 Å². The molecule has 0 bridgehead atoms. The van der Waals surface area contributed by atoms with Crippen LogP contribution in [-0.4, -0.2) is 57.8 Å². The molecule has 1 unspecified atom stereocenters. The number of aromatic amines is 1. The Balaban J connectivity index is 1.70. The smallest absolute Gasteiger partial charge is 0.463 e. The van der Waals surface area contributed by atoms with E-state index in [0.717, 1.165) is 16.8 Å². The fourth-order valence-electron chi connectivity index (χ4n) is 3.29. The molecule has 13 heteroatoms. The van der Waals surface area contributed by atoms with Crippen LogP contribution >= 0.6 is 7.82 Å². The van der Waals surface area contributed by atoms with Crippen LogP contribution in [0.15, 0.2) is 21.9 Å². The van der Waals surface area contributed by atoms with E-state index in [0.29, 0.717) is 0 Å². The number of fused-ring (bicyclic) bond motifs is 1. The van der Waals surface area contributed by atoms with Gasteiger partial charge in [0.05, 0.1) is 25.2 Å². The molecular formula is C19H25N2O10P. The number of nitrogens with zero attached hydrogens (tertiary/aromatic N) is 1. The maximum Gasteiger partial charge on any atom is 0.475 e. The summed E-state index contributed by atoms with van der Waals surface area (Å²) in [6.07, 6.45) is 2.79. The number of H-pyrrole nitrogens is 1. The van der Waals surface area contributed by atoms with Crippen molar-refractivity contribution in [3.63, 3.8) is 0 Å². The topological polar surface area (TPSA) is 155 Å². The Labute approximate surface area is 183 Å². The molecule has 0 aromatic carbocycles. The first-order chi connectivity index (χ1) is 15.0. The second-order valence-electron chi connectivity index (χ2n) is 7.79. The van der Waals surface area contributed by atoms with E-state index in [9.17, 15) is 24.1 Å². The molecule has 0 saturated carbocycles. The Hall–Kier alpha value is -2.26. The van der Waals surface area contributed by atoms with Gasteiger partial charge in [0.2, 0.25) is 0 Å². The minimum absolute atomic E-state index is 0.152. The van der Waals surface area contributed by atoms with E-state index in [2.05, 4.69) is 5.92 Å². The van der Waals surface area contributed by atoms with Crippen molar-refractivity contribution in [2.45, 2.75) is 57.3 Å². The molecular weight excluding hydrogens is 447 g/mol. The zero-order valence-electron chi connectivity index (χ0n) is 17.8. The van der Waals surface area contributed by atoms with Gasteiger partial charge in [-0.2, -0.15) is 0 Å². The van der Waals surface area contributed by atoms with E-state index in [1.54, 1.807) is 20.8 Å². The van der Waals surface area contributed by atoms with Gasteiger partial charge in [-0.15, -0.1) is 6.42 Å². The van der Waals surface area contributed by atoms with Crippen molar-refractivity contribution < 1.29 is 37.5 Å². The summed E-state index contributed by atoms with van der Waals surface area (Å²) in [6.45, 7) is 4.64. The molecule has 2 aliphatic heterocycles. The van der Waals surface area contributed by atoms with E-state index in [4.69, 9.17) is 29.5 Å². The number of aliphatic hydroxyl groups is 1. The average molecular weight is 472 g/mol. The second kappa shape index (κ2) is 9.31. The summed E-state index contributed by atoms with van der Waals surface area (Å²) in [6, 6.07) is 1.06. The first-order valence-corrected chi connectivity index (χ1v) is 11.4. The van der Waals surface area contributed by atoms with E-state index in [1.165, 1.54) is 0 Å². The molecule has 1 aromatic rings. The fourth-order valence-corrected chi connectivity index (χ4v) is 4.72. The Morgan fingerprint density at radius 3 is 2.81 bits per heavy atom. The standard InChI is InChI=1S/C19H25N2O10P/c1-5-19(25)15-13(30-17(19)21-8-6-14(22)20-18(21)24)10-28-32(26,31-15)27-9-7-12(4)16(23)29-11(2)3/h1,6,8,11-13,15,17,25H,7,9-10H2,2-4H3,(H,20,22,24)/t12?,13-,15-,17-,19-,32+/m1/s1. The summed E-state index contributed by atoms with van der Waals surface area (Å²) in [7, 11) is -4.16. The second-order valence-corrected chi connectivity index (χ2v) is 9.41.